The number of nitrogens with one attached hydrogen (secondary N) is 2. The first-order valence-electron chi connectivity index (χ1n) is 10.6. The van der Waals surface area contributed by atoms with Gasteiger partial charge in [-0.1, -0.05) is 12.1 Å². The second kappa shape index (κ2) is 7.43. The number of benzene rings is 2. The van der Waals surface area contributed by atoms with Crippen LogP contribution in [0.1, 0.15) is 28.9 Å². The molecule has 0 aliphatic carbocycles. The van der Waals surface area contributed by atoms with Crippen molar-refractivity contribution in [3.05, 3.63) is 59.5 Å². The Hall–Kier alpha value is -2.86. The first-order chi connectivity index (χ1) is 14.5. The van der Waals surface area contributed by atoms with Crippen molar-refractivity contribution in [2.75, 3.05) is 36.9 Å². The monoisotopic (exact) mass is 406 g/mol. The number of amides is 1. The van der Waals surface area contributed by atoms with Gasteiger partial charge in [0.25, 0.3) is 5.91 Å². The number of hydrogen-bond acceptors (Lipinski definition) is 3. The molecule has 5 rings (SSSR count). The van der Waals surface area contributed by atoms with Crippen LogP contribution in [0.2, 0.25) is 0 Å². The molecule has 1 amide bonds. The second-order valence-electron chi connectivity index (χ2n) is 8.70. The first-order valence-corrected chi connectivity index (χ1v) is 10.6. The fourth-order valence-corrected chi connectivity index (χ4v) is 5.04. The standard InChI is InChI=1S/C24H27FN4O/c1-15-8-9-20(25)19-12-21(27-23(15)19)24(30)26-17-6-3-7-18(11-17)29-13-16-5-4-10-28(2)22(16)14-29/h3,6-9,11-12,16,22,27H,4-5,10,13-14H2,1-2H3,(H,26,30). The molecule has 1 aromatic heterocycles. The Kier molecular flexibility index (Phi) is 4.74. The largest absolute Gasteiger partial charge is 0.370 e. The van der Waals surface area contributed by atoms with E-state index in [1.165, 1.54) is 25.5 Å². The van der Waals surface area contributed by atoms with Gasteiger partial charge in [0.05, 0.1) is 5.52 Å². The summed E-state index contributed by atoms with van der Waals surface area (Å²) < 4.78 is 14.1. The number of hydrogen-bond donors (Lipinski definition) is 2. The third-order valence-corrected chi connectivity index (χ3v) is 6.72. The zero-order valence-corrected chi connectivity index (χ0v) is 17.4. The van der Waals surface area contributed by atoms with Crippen LogP contribution < -0.4 is 10.2 Å². The van der Waals surface area contributed by atoms with Gasteiger partial charge in [-0.15, -0.1) is 0 Å². The predicted molar refractivity (Wildman–Crippen MR) is 119 cm³/mol. The van der Waals surface area contributed by atoms with Crippen molar-refractivity contribution in [1.82, 2.24) is 9.88 Å². The average molecular weight is 407 g/mol. The quantitative estimate of drug-likeness (QED) is 0.678. The molecular weight excluding hydrogens is 379 g/mol. The van der Waals surface area contributed by atoms with E-state index in [4.69, 9.17) is 0 Å². The van der Waals surface area contributed by atoms with E-state index in [2.05, 4.69) is 33.2 Å². The molecule has 5 nitrogen and oxygen atoms in total. The highest BCUT2D eigenvalue weighted by molar-refractivity contribution is 6.06. The van der Waals surface area contributed by atoms with Crippen LogP contribution in [-0.4, -0.2) is 48.5 Å². The van der Waals surface area contributed by atoms with Gasteiger partial charge in [0, 0.05) is 35.9 Å². The van der Waals surface area contributed by atoms with Crippen molar-refractivity contribution in [1.29, 1.82) is 0 Å². The summed E-state index contributed by atoms with van der Waals surface area (Å²) in [5.74, 6) is 0.122. The lowest BCUT2D eigenvalue weighted by Crippen LogP contribution is -2.42. The molecule has 2 N–H and O–H groups in total. The molecule has 2 aliphatic rings. The molecule has 3 aromatic rings. The lowest BCUT2D eigenvalue weighted by Gasteiger charge is -2.33. The second-order valence-corrected chi connectivity index (χ2v) is 8.70. The molecule has 156 valence electrons. The highest BCUT2D eigenvalue weighted by atomic mass is 19.1. The number of aromatic nitrogens is 1. The normalized spacial score (nSPS) is 21.8. The van der Waals surface area contributed by atoms with Gasteiger partial charge in [0.15, 0.2) is 0 Å². The summed E-state index contributed by atoms with van der Waals surface area (Å²) in [4.78, 5) is 20.8. The van der Waals surface area contributed by atoms with Gasteiger partial charge in [-0.25, -0.2) is 4.39 Å². The van der Waals surface area contributed by atoms with Crippen molar-refractivity contribution in [2.24, 2.45) is 5.92 Å². The van der Waals surface area contributed by atoms with Crippen LogP contribution in [0.5, 0.6) is 0 Å². The van der Waals surface area contributed by atoms with E-state index in [9.17, 15) is 9.18 Å². The van der Waals surface area contributed by atoms with E-state index < -0.39 is 0 Å². The number of aryl methyl sites for hydroxylation is 1. The van der Waals surface area contributed by atoms with Gasteiger partial charge >= 0.3 is 0 Å². The molecule has 2 aliphatic heterocycles. The summed E-state index contributed by atoms with van der Waals surface area (Å²) in [5.41, 5.74) is 3.81. The van der Waals surface area contributed by atoms with Gasteiger partial charge < -0.3 is 20.1 Å². The number of rotatable bonds is 3. The molecule has 30 heavy (non-hydrogen) atoms. The van der Waals surface area contributed by atoms with Crippen molar-refractivity contribution in [3.63, 3.8) is 0 Å². The number of aromatic amines is 1. The SMILES string of the molecule is Cc1ccc(F)c2cc(C(=O)Nc3cccc(N4CC5CCCN(C)C5C4)c3)[nH]c12. The number of likely N-dealkylation sites (N-methyl/N-ethyl adjacent to an activating group) is 1. The van der Waals surface area contributed by atoms with Gasteiger partial charge in [-0.3, -0.25) is 4.79 Å². The summed E-state index contributed by atoms with van der Waals surface area (Å²) in [7, 11) is 2.22. The molecule has 3 heterocycles. The van der Waals surface area contributed by atoms with Gasteiger partial charge in [-0.05, 0) is 75.2 Å². The number of carbonyl (C=O) groups is 1. The summed E-state index contributed by atoms with van der Waals surface area (Å²) in [6.07, 6.45) is 2.56. The minimum absolute atomic E-state index is 0.267. The van der Waals surface area contributed by atoms with Crippen LogP contribution in [0.3, 0.4) is 0 Å². The molecule has 2 fully saturated rings. The molecule has 0 saturated carbocycles. The first kappa shape index (κ1) is 19.1. The van der Waals surface area contributed by atoms with Crippen molar-refractivity contribution < 1.29 is 9.18 Å². The van der Waals surface area contributed by atoms with Crippen LogP contribution >= 0.6 is 0 Å². The van der Waals surface area contributed by atoms with Crippen LogP contribution in [0.15, 0.2) is 42.5 Å². The zero-order chi connectivity index (χ0) is 20.8. The molecule has 2 atom stereocenters. The van der Waals surface area contributed by atoms with Gasteiger partial charge in [0.2, 0.25) is 0 Å². The van der Waals surface area contributed by atoms with Crippen LogP contribution in [0, 0.1) is 18.7 Å². The Bertz CT molecular complexity index is 1070. The minimum Gasteiger partial charge on any atom is -0.370 e. The Labute approximate surface area is 175 Å². The number of anilines is 2. The number of nitrogens with zero attached hydrogens (tertiary/aromatic N) is 2. The number of carbonyl (C=O) groups excluding carboxylic acids is 1. The third kappa shape index (κ3) is 3.35. The topological polar surface area (TPSA) is 51.4 Å². The summed E-state index contributed by atoms with van der Waals surface area (Å²) >= 11 is 0. The van der Waals surface area contributed by atoms with E-state index in [1.54, 1.807) is 12.1 Å². The molecule has 2 aromatic carbocycles. The number of H-pyrrole nitrogens is 1. The smallest absolute Gasteiger partial charge is 0.272 e. The Morgan fingerprint density at radius 1 is 1.20 bits per heavy atom. The molecule has 2 unspecified atom stereocenters. The molecule has 0 spiro atoms. The third-order valence-electron chi connectivity index (χ3n) is 6.72. The van der Waals surface area contributed by atoms with Crippen molar-refractivity contribution in [3.8, 4) is 0 Å². The predicted octanol–water partition coefficient (Wildman–Crippen LogP) is 4.40. The molecular formula is C24H27FN4O. The van der Waals surface area contributed by atoms with Crippen molar-refractivity contribution >= 4 is 28.2 Å². The number of piperidine rings is 1. The number of fused-ring (bicyclic) bond motifs is 2. The molecule has 0 radical (unpaired) electrons. The van der Waals surface area contributed by atoms with E-state index in [-0.39, 0.29) is 11.7 Å². The van der Waals surface area contributed by atoms with Crippen LogP contribution in [0.25, 0.3) is 10.9 Å². The Balaban J connectivity index is 1.34. The maximum absolute atomic E-state index is 14.1. The average Bonchev–Trinajstić information content (AvgIpc) is 3.37. The Morgan fingerprint density at radius 2 is 2.07 bits per heavy atom. The number of likely N-dealkylation sites (tertiary alicyclic amines) is 1. The molecule has 2 saturated heterocycles. The summed E-state index contributed by atoms with van der Waals surface area (Å²) in [6, 6.07) is 13.3. The fraction of sp³-hybridized carbons (Fsp3) is 0.375. The maximum atomic E-state index is 14.1. The Morgan fingerprint density at radius 3 is 2.87 bits per heavy atom. The van der Waals surface area contributed by atoms with E-state index in [0.717, 1.165) is 30.0 Å². The van der Waals surface area contributed by atoms with E-state index in [1.807, 2.05) is 25.1 Å². The number of halogens is 1. The molecule has 6 heteroatoms. The minimum atomic E-state index is -0.326. The van der Waals surface area contributed by atoms with Crippen molar-refractivity contribution in [2.45, 2.75) is 25.8 Å². The van der Waals surface area contributed by atoms with Gasteiger partial charge in [-0.2, -0.15) is 0 Å². The van der Waals surface area contributed by atoms with E-state index >= 15 is 0 Å². The van der Waals surface area contributed by atoms with E-state index in [0.29, 0.717) is 28.6 Å². The highest BCUT2D eigenvalue weighted by Crippen LogP contribution is 2.33. The zero-order valence-electron chi connectivity index (χ0n) is 17.4. The lowest BCUT2D eigenvalue weighted by atomic mass is 9.93. The summed E-state index contributed by atoms with van der Waals surface area (Å²) in [5, 5.41) is 3.41. The van der Waals surface area contributed by atoms with Crippen LogP contribution in [0.4, 0.5) is 15.8 Å². The summed E-state index contributed by atoms with van der Waals surface area (Å²) in [6.45, 7) is 5.16. The lowest BCUT2D eigenvalue weighted by molar-refractivity contribution is 0.102. The maximum Gasteiger partial charge on any atom is 0.272 e. The molecule has 0 bridgehead atoms. The van der Waals surface area contributed by atoms with Gasteiger partial charge in [0.1, 0.15) is 11.5 Å². The van der Waals surface area contributed by atoms with Crippen LogP contribution in [-0.2, 0) is 0 Å². The fourth-order valence-electron chi connectivity index (χ4n) is 5.04. The highest BCUT2D eigenvalue weighted by Gasteiger charge is 2.37.